The van der Waals surface area contributed by atoms with E-state index in [2.05, 4.69) is 22.4 Å². The molecule has 2 aliphatic rings. The molecule has 0 bridgehead atoms. The third-order valence-electron chi connectivity index (χ3n) is 6.23. The van der Waals surface area contributed by atoms with Gasteiger partial charge in [-0.3, -0.25) is 4.79 Å². The Bertz CT molecular complexity index is 1310. The number of amides is 1. The van der Waals surface area contributed by atoms with Gasteiger partial charge in [-0.05, 0) is 53.6 Å². The number of nitrogens with zero attached hydrogens (tertiary/aromatic N) is 2. The minimum absolute atomic E-state index is 0.0244. The maximum Gasteiger partial charge on any atom is 0.251 e. The summed E-state index contributed by atoms with van der Waals surface area (Å²) in [6.45, 7) is 0.292. The molecule has 1 aliphatic heterocycles. The van der Waals surface area contributed by atoms with Crippen LogP contribution < -0.4 is 10.2 Å². The Hall–Kier alpha value is -4.06. The molecule has 1 heterocycles. The first-order valence-corrected chi connectivity index (χ1v) is 11.1. The number of anilines is 1. The first-order valence-electron chi connectivity index (χ1n) is 11.1. The quantitative estimate of drug-likeness (QED) is 0.559. The fourth-order valence-corrected chi connectivity index (χ4v) is 4.40. The van der Waals surface area contributed by atoms with Crippen molar-refractivity contribution >= 4 is 23.0 Å². The minimum atomic E-state index is -0.315. The molecule has 0 saturated heterocycles. The number of nitrogens with one attached hydrogen (secondary N) is 1. The summed E-state index contributed by atoms with van der Waals surface area (Å²) in [5.74, 6) is -0.880. The zero-order valence-corrected chi connectivity index (χ0v) is 18.6. The summed E-state index contributed by atoms with van der Waals surface area (Å²) in [6.07, 6.45) is 8.24. The second-order valence-electron chi connectivity index (χ2n) is 8.41. The molecule has 1 aliphatic carbocycles. The molecule has 0 saturated carbocycles. The molecular weight excluding hydrogens is 432 g/mol. The van der Waals surface area contributed by atoms with Crippen LogP contribution in [0.15, 0.2) is 96.0 Å². The number of benzene rings is 3. The third-order valence-corrected chi connectivity index (χ3v) is 6.23. The van der Waals surface area contributed by atoms with Crippen LogP contribution in [0, 0.1) is 17.6 Å². The molecule has 0 spiro atoms. The van der Waals surface area contributed by atoms with Gasteiger partial charge in [-0.15, -0.1) is 0 Å². The largest absolute Gasteiger partial charge is 0.365 e. The van der Waals surface area contributed by atoms with Gasteiger partial charge in [0.25, 0.3) is 5.91 Å². The average Bonchev–Trinajstić information content (AvgIpc) is 2.98. The Morgan fingerprint density at radius 3 is 2.35 bits per heavy atom. The van der Waals surface area contributed by atoms with Gasteiger partial charge in [0.15, 0.2) is 0 Å². The number of hydrogen-bond acceptors (Lipinski definition) is 3. The summed E-state index contributed by atoms with van der Waals surface area (Å²) < 4.78 is 26.7. The fourth-order valence-electron chi connectivity index (χ4n) is 4.40. The lowest BCUT2D eigenvalue weighted by Crippen LogP contribution is -2.39. The van der Waals surface area contributed by atoms with Gasteiger partial charge in [-0.1, -0.05) is 48.6 Å². The number of fused-ring (bicyclic) bond motifs is 2. The van der Waals surface area contributed by atoms with Gasteiger partial charge < -0.3 is 10.2 Å². The van der Waals surface area contributed by atoms with Crippen LogP contribution in [-0.2, 0) is 6.54 Å². The number of carbonyl (C=O) groups excluding carboxylic acids is 1. The SMILES string of the molecule is CN1c2ccc(C(=O)NCc3ccc(F)cc3)cc2N=C(c2ccc(F)cc2)C2C=CC=CC21. The first-order chi connectivity index (χ1) is 16.5. The Balaban J connectivity index is 1.50. The highest BCUT2D eigenvalue weighted by atomic mass is 19.1. The first kappa shape index (κ1) is 21.8. The van der Waals surface area contributed by atoms with Crippen molar-refractivity contribution in [3.05, 3.63) is 119 Å². The molecule has 1 N–H and O–H groups in total. The van der Waals surface area contributed by atoms with E-state index < -0.39 is 0 Å². The van der Waals surface area contributed by atoms with Gasteiger partial charge in [0, 0.05) is 25.1 Å². The summed E-state index contributed by atoms with van der Waals surface area (Å²) in [5.41, 5.74) is 4.52. The number of hydrogen-bond donors (Lipinski definition) is 1. The van der Waals surface area contributed by atoms with Crippen LogP contribution in [0.3, 0.4) is 0 Å². The van der Waals surface area contributed by atoms with E-state index in [1.807, 2.05) is 25.3 Å². The maximum absolute atomic E-state index is 13.6. The lowest BCUT2D eigenvalue weighted by Gasteiger charge is -2.33. The molecular formula is C28H23F2N3O. The number of rotatable bonds is 4. The lowest BCUT2D eigenvalue weighted by atomic mass is 9.86. The van der Waals surface area contributed by atoms with Crippen LogP contribution in [0.5, 0.6) is 0 Å². The number of aliphatic imine (C=N–C) groups is 1. The Morgan fingerprint density at radius 1 is 0.941 bits per heavy atom. The van der Waals surface area contributed by atoms with Crippen molar-refractivity contribution < 1.29 is 13.6 Å². The molecule has 0 fully saturated rings. The highest BCUT2D eigenvalue weighted by molar-refractivity contribution is 6.07. The molecule has 1 amide bonds. The Labute approximate surface area is 197 Å². The van der Waals surface area contributed by atoms with Gasteiger partial charge in [0.2, 0.25) is 0 Å². The standard InChI is InChI=1S/C28H23F2N3O/c1-33-25-5-3-2-4-23(25)27(19-8-13-22(30)14-9-19)32-24-16-20(10-15-26(24)33)28(34)31-17-18-6-11-21(29)12-7-18/h2-16,23,25H,17H2,1H3,(H,31,34). The number of likely N-dealkylation sites (N-methyl/N-ethyl adjacent to an activating group) is 1. The van der Waals surface area contributed by atoms with Crippen LogP contribution in [0.4, 0.5) is 20.2 Å². The van der Waals surface area contributed by atoms with Gasteiger partial charge in [-0.2, -0.15) is 0 Å². The summed E-state index contributed by atoms with van der Waals surface area (Å²) in [5, 5.41) is 2.88. The molecule has 34 heavy (non-hydrogen) atoms. The van der Waals surface area contributed by atoms with Crippen molar-refractivity contribution in [3.63, 3.8) is 0 Å². The van der Waals surface area contributed by atoms with Gasteiger partial charge in [0.05, 0.1) is 23.1 Å². The number of halogens is 2. The second-order valence-corrected chi connectivity index (χ2v) is 8.41. The highest BCUT2D eigenvalue weighted by Crippen LogP contribution is 2.38. The van der Waals surface area contributed by atoms with E-state index in [1.54, 1.807) is 36.4 Å². The molecule has 2 atom stereocenters. The summed E-state index contributed by atoms with van der Waals surface area (Å²) in [7, 11) is 2.01. The highest BCUT2D eigenvalue weighted by Gasteiger charge is 2.32. The molecule has 4 nitrogen and oxygen atoms in total. The molecule has 6 heteroatoms. The zero-order valence-electron chi connectivity index (χ0n) is 18.6. The topological polar surface area (TPSA) is 44.7 Å². The van der Waals surface area contributed by atoms with Crippen molar-refractivity contribution in [3.8, 4) is 0 Å². The third kappa shape index (κ3) is 4.27. The number of carbonyl (C=O) groups is 1. The van der Waals surface area contributed by atoms with Crippen molar-refractivity contribution in [1.82, 2.24) is 5.32 Å². The monoisotopic (exact) mass is 455 g/mol. The fraction of sp³-hybridized carbons (Fsp3) is 0.143. The minimum Gasteiger partial charge on any atom is -0.365 e. The predicted molar refractivity (Wildman–Crippen MR) is 131 cm³/mol. The van der Waals surface area contributed by atoms with E-state index in [4.69, 9.17) is 4.99 Å². The van der Waals surface area contributed by atoms with Crippen molar-refractivity contribution in [2.75, 3.05) is 11.9 Å². The van der Waals surface area contributed by atoms with Crippen LogP contribution in [-0.4, -0.2) is 24.7 Å². The summed E-state index contributed by atoms with van der Waals surface area (Å²) in [6, 6.07) is 17.9. The molecule has 3 aromatic rings. The second kappa shape index (κ2) is 9.06. The molecule has 170 valence electrons. The van der Waals surface area contributed by atoms with Gasteiger partial charge in [-0.25, -0.2) is 13.8 Å². The van der Waals surface area contributed by atoms with Crippen molar-refractivity contribution in [2.24, 2.45) is 10.9 Å². The normalized spacial score (nSPS) is 18.6. The Morgan fingerprint density at radius 2 is 1.62 bits per heavy atom. The predicted octanol–water partition coefficient (Wildman–Crippen LogP) is 5.58. The van der Waals surface area contributed by atoms with Crippen LogP contribution >= 0.6 is 0 Å². The van der Waals surface area contributed by atoms with Crippen molar-refractivity contribution in [1.29, 1.82) is 0 Å². The van der Waals surface area contributed by atoms with E-state index >= 15 is 0 Å². The molecule has 3 aromatic carbocycles. The average molecular weight is 456 g/mol. The van der Waals surface area contributed by atoms with E-state index in [9.17, 15) is 13.6 Å². The zero-order chi connectivity index (χ0) is 23.7. The number of allylic oxidation sites excluding steroid dienone is 2. The smallest absolute Gasteiger partial charge is 0.251 e. The van der Waals surface area contributed by atoms with Gasteiger partial charge in [0.1, 0.15) is 11.6 Å². The Kier molecular flexibility index (Phi) is 5.80. The van der Waals surface area contributed by atoms with E-state index in [-0.39, 0.29) is 29.5 Å². The van der Waals surface area contributed by atoms with E-state index in [0.717, 1.165) is 22.5 Å². The molecule has 2 unspecified atom stereocenters. The lowest BCUT2D eigenvalue weighted by molar-refractivity contribution is 0.0951. The van der Waals surface area contributed by atoms with Gasteiger partial charge >= 0.3 is 0 Å². The van der Waals surface area contributed by atoms with E-state index in [0.29, 0.717) is 17.8 Å². The van der Waals surface area contributed by atoms with Crippen LogP contribution in [0.1, 0.15) is 21.5 Å². The summed E-state index contributed by atoms with van der Waals surface area (Å²) in [4.78, 5) is 20.0. The maximum atomic E-state index is 13.6. The molecule has 5 rings (SSSR count). The summed E-state index contributed by atoms with van der Waals surface area (Å²) >= 11 is 0. The van der Waals surface area contributed by atoms with E-state index in [1.165, 1.54) is 24.3 Å². The van der Waals surface area contributed by atoms with Crippen LogP contribution in [0.25, 0.3) is 0 Å². The molecule has 0 aromatic heterocycles. The van der Waals surface area contributed by atoms with Crippen LogP contribution in [0.2, 0.25) is 0 Å². The molecule has 0 radical (unpaired) electrons. The van der Waals surface area contributed by atoms with Crippen molar-refractivity contribution in [2.45, 2.75) is 12.6 Å².